The molecule has 2 aromatic rings. The van der Waals surface area contributed by atoms with Crippen LogP contribution in [0.5, 0.6) is 0 Å². The smallest absolute Gasteiger partial charge is 0.151 e. The van der Waals surface area contributed by atoms with Gasteiger partial charge in [0, 0.05) is 6.20 Å². The van der Waals surface area contributed by atoms with Crippen molar-refractivity contribution in [2.75, 3.05) is 0 Å². The highest BCUT2D eigenvalue weighted by Crippen LogP contribution is 2.19. The lowest BCUT2D eigenvalue weighted by Crippen LogP contribution is -2.04. The monoisotopic (exact) mass is 230 g/mol. The molecule has 0 spiro atoms. The summed E-state index contributed by atoms with van der Waals surface area (Å²) in [4.78, 5) is 4.13. The molecule has 0 aliphatic rings. The first-order valence-electron chi connectivity index (χ1n) is 4.61. The van der Waals surface area contributed by atoms with Gasteiger partial charge in [0.2, 0.25) is 0 Å². The Labute approximate surface area is 97.5 Å². The molecule has 0 fully saturated rings. The van der Waals surface area contributed by atoms with Crippen molar-refractivity contribution in [1.82, 2.24) is 15.2 Å². The number of halogens is 1. The van der Waals surface area contributed by atoms with E-state index in [0.29, 0.717) is 16.5 Å². The maximum Gasteiger partial charge on any atom is 0.151 e. The second-order valence-electron chi connectivity index (χ2n) is 3.10. The topological polar surface area (TPSA) is 62.5 Å². The van der Waals surface area contributed by atoms with Gasteiger partial charge < -0.3 is 0 Å². The van der Waals surface area contributed by atoms with Crippen molar-refractivity contribution in [3.8, 4) is 6.07 Å². The fourth-order valence-electron chi connectivity index (χ4n) is 1.31. The van der Waals surface area contributed by atoms with Crippen LogP contribution < -0.4 is 0 Å². The first-order valence-corrected chi connectivity index (χ1v) is 4.98. The van der Waals surface area contributed by atoms with Crippen molar-refractivity contribution >= 4 is 11.6 Å². The van der Waals surface area contributed by atoms with Crippen LogP contribution in [0.2, 0.25) is 5.15 Å². The molecule has 0 aliphatic heterocycles. The van der Waals surface area contributed by atoms with Crippen LogP contribution in [0.25, 0.3) is 0 Å². The van der Waals surface area contributed by atoms with Crippen LogP contribution in [0.1, 0.15) is 17.3 Å². The van der Waals surface area contributed by atoms with Gasteiger partial charge in [0.1, 0.15) is 5.92 Å². The number of hydrogen-bond donors (Lipinski definition) is 0. The lowest BCUT2D eigenvalue weighted by molar-refractivity contribution is 0.859. The van der Waals surface area contributed by atoms with E-state index in [1.165, 1.54) is 0 Å². The van der Waals surface area contributed by atoms with Crippen molar-refractivity contribution in [3.05, 3.63) is 53.1 Å². The van der Waals surface area contributed by atoms with E-state index < -0.39 is 5.92 Å². The third kappa shape index (κ3) is 2.15. The average molecular weight is 231 g/mol. The molecule has 0 radical (unpaired) electrons. The minimum atomic E-state index is -0.508. The molecule has 0 N–H and O–H groups in total. The molecule has 0 amide bonds. The molecule has 0 aliphatic carbocycles. The minimum absolute atomic E-state index is 0.307. The third-order valence-electron chi connectivity index (χ3n) is 2.06. The summed E-state index contributed by atoms with van der Waals surface area (Å²) < 4.78 is 0. The van der Waals surface area contributed by atoms with Crippen molar-refractivity contribution in [1.29, 1.82) is 5.26 Å². The molecular formula is C11H7ClN4. The summed E-state index contributed by atoms with van der Waals surface area (Å²) in [5.41, 5.74) is 1.20. The second-order valence-corrected chi connectivity index (χ2v) is 3.48. The Kier molecular flexibility index (Phi) is 3.08. The molecule has 2 rings (SSSR count). The van der Waals surface area contributed by atoms with Crippen LogP contribution in [0.4, 0.5) is 0 Å². The first-order chi connectivity index (χ1) is 7.81. The minimum Gasteiger partial charge on any atom is -0.259 e. The molecule has 2 heterocycles. The maximum absolute atomic E-state index is 9.11. The van der Waals surface area contributed by atoms with Gasteiger partial charge >= 0.3 is 0 Å². The Morgan fingerprint density at radius 1 is 1.12 bits per heavy atom. The predicted molar refractivity (Wildman–Crippen MR) is 58.7 cm³/mol. The fourth-order valence-corrected chi connectivity index (χ4v) is 1.41. The Bertz CT molecular complexity index is 504. The van der Waals surface area contributed by atoms with Crippen LogP contribution >= 0.6 is 11.6 Å². The highest BCUT2D eigenvalue weighted by atomic mass is 35.5. The van der Waals surface area contributed by atoms with Crippen molar-refractivity contribution in [3.63, 3.8) is 0 Å². The molecule has 1 atom stereocenters. The fraction of sp³-hybridized carbons (Fsp3) is 0.0909. The normalized spacial score (nSPS) is 11.8. The number of nitriles is 1. The van der Waals surface area contributed by atoms with Gasteiger partial charge in [-0.2, -0.15) is 10.4 Å². The predicted octanol–water partition coefficient (Wildman–Crippen LogP) is 2.18. The zero-order valence-electron chi connectivity index (χ0n) is 8.21. The second kappa shape index (κ2) is 4.69. The quantitative estimate of drug-likeness (QED) is 0.793. The van der Waals surface area contributed by atoms with Gasteiger partial charge in [0.25, 0.3) is 0 Å². The van der Waals surface area contributed by atoms with Crippen molar-refractivity contribution in [2.24, 2.45) is 0 Å². The van der Waals surface area contributed by atoms with Crippen LogP contribution in [0.15, 0.2) is 36.5 Å². The lowest BCUT2D eigenvalue weighted by atomic mass is 10.0. The summed E-state index contributed by atoms with van der Waals surface area (Å²) in [6, 6.07) is 10.8. The highest BCUT2D eigenvalue weighted by Gasteiger charge is 2.16. The molecule has 0 saturated heterocycles. The standard InChI is InChI=1S/C11H7ClN4/c12-11-5-4-10(15-16-11)8(7-13)9-3-1-2-6-14-9/h1-6,8H/t8-/m0/s1. The van der Waals surface area contributed by atoms with E-state index in [1.54, 1.807) is 30.5 Å². The van der Waals surface area contributed by atoms with E-state index in [1.807, 2.05) is 6.07 Å². The van der Waals surface area contributed by atoms with Crippen LogP contribution in [0.3, 0.4) is 0 Å². The van der Waals surface area contributed by atoms with E-state index in [0.717, 1.165) is 0 Å². The zero-order chi connectivity index (χ0) is 11.4. The zero-order valence-corrected chi connectivity index (χ0v) is 8.96. The number of nitrogens with zero attached hydrogens (tertiary/aromatic N) is 4. The summed E-state index contributed by atoms with van der Waals surface area (Å²) in [7, 11) is 0. The van der Waals surface area contributed by atoms with Crippen LogP contribution in [0, 0.1) is 11.3 Å². The van der Waals surface area contributed by atoms with Gasteiger partial charge in [-0.3, -0.25) is 4.98 Å². The van der Waals surface area contributed by atoms with Gasteiger partial charge in [0.15, 0.2) is 5.15 Å². The van der Waals surface area contributed by atoms with Crippen LogP contribution in [-0.4, -0.2) is 15.2 Å². The summed E-state index contributed by atoms with van der Waals surface area (Å²) in [5, 5.41) is 17.0. The first kappa shape index (κ1) is 10.5. The molecule has 0 unspecified atom stereocenters. The highest BCUT2D eigenvalue weighted by molar-refractivity contribution is 6.29. The number of aromatic nitrogens is 3. The average Bonchev–Trinajstić information content (AvgIpc) is 2.34. The number of pyridine rings is 1. The van der Waals surface area contributed by atoms with Crippen molar-refractivity contribution < 1.29 is 0 Å². The maximum atomic E-state index is 9.11. The number of hydrogen-bond acceptors (Lipinski definition) is 4. The number of rotatable bonds is 2. The Hall–Kier alpha value is -1.99. The van der Waals surface area contributed by atoms with Gasteiger partial charge in [-0.05, 0) is 24.3 Å². The molecule has 0 saturated carbocycles. The lowest BCUT2D eigenvalue weighted by Gasteiger charge is -2.06. The third-order valence-corrected chi connectivity index (χ3v) is 2.26. The van der Waals surface area contributed by atoms with Crippen LogP contribution in [-0.2, 0) is 0 Å². The van der Waals surface area contributed by atoms with E-state index >= 15 is 0 Å². The molecule has 5 heteroatoms. The molecule has 78 valence electrons. The molecule has 16 heavy (non-hydrogen) atoms. The molecule has 0 aromatic carbocycles. The summed E-state index contributed by atoms with van der Waals surface area (Å²) in [6.45, 7) is 0. The largest absolute Gasteiger partial charge is 0.259 e. The SMILES string of the molecule is N#C[C@@H](c1ccccn1)c1ccc(Cl)nn1. The molecule has 2 aromatic heterocycles. The van der Waals surface area contributed by atoms with E-state index in [4.69, 9.17) is 16.9 Å². The molecule has 4 nitrogen and oxygen atoms in total. The van der Waals surface area contributed by atoms with Gasteiger partial charge in [-0.15, -0.1) is 5.10 Å². The Morgan fingerprint density at radius 2 is 2.00 bits per heavy atom. The van der Waals surface area contributed by atoms with E-state index in [2.05, 4.69) is 21.3 Å². The molecular weight excluding hydrogens is 224 g/mol. The Morgan fingerprint density at radius 3 is 2.56 bits per heavy atom. The molecule has 0 bridgehead atoms. The van der Waals surface area contributed by atoms with Crippen molar-refractivity contribution in [2.45, 2.75) is 5.92 Å². The van der Waals surface area contributed by atoms with E-state index in [-0.39, 0.29) is 0 Å². The Balaban J connectivity index is 2.38. The van der Waals surface area contributed by atoms with Gasteiger partial charge in [0.05, 0.1) is 17.5 Å². The summed E-state index contributed by atoms with van der Waals surface area (Å²) >= 11 is 5.63. The summed E-state index contributed by atoms with van der Waals surface area (Å²) in [6.07, 6.45) is 1.64. The van der Waals surface area contributed by atoms with Gasteiger partial charge in [-0.1, -0.05) is 17.7 Å². The summed E-state index contributed by atoms with van der Waals surface area (Å²) in [5.74, 6) is -0.508. The van der Waals surface area contributed by atoms with Gasteiger partial charge in [-0.25, -0.2) is 0 Å². The van der Waals surface area contributed by atoms with E-state index in [9.17, 15) is 0 Å².